The van der Waals surface area contributed by atoms with Gasteiger partial charge in [0, 0.05) is 25.0 Å². The molecule has 1 heterocycles. The Morgan fingerprint density at radius 3 is 3.19 bits per heavy atom. The third-order valence-corrected chi connectivity index (χ3v) is 4.28. The van der Waals surface area contributed by atoms with E-state index < -0.39 is 0 Å². The van der Waals surface area contributed by atoms with E-state index in [2.05, 4.69) is 5.32 Å². The number of rotatable bonds is 5. The lowest BCUT2D eigenvalue weighted by Crippen LogP contribution is -2.21. The fourth-order valence-electron chi connectivity index (χ4n) is 2.22. The zero-order chi connectivity index (χ0) is 11.4. The highest BCUT2D eigenvalue weighted by Crippen LogP contribution is 2.33. The summed E-state index contributed by atoms with van der Waals surface area (Å²) in [7, 11) is 3.79. The van der Waals surface area contributed by atoms with Crippen LogP contribution in [0.1, 0.15) is 40.9 Å². The summed E-state index contributed by atoms with van der Waals surface area (Å²) < 4.78 is 5.07. The minimum Gasteiger partial charge on any atom is -0.385 e. The molecule has 1 atom stereocenters. The van der Waals surface area contributed by atoms with Gasteiger partial charge < -0.3 is 10.1 Å². The molecular formula is C12H20N2OS. The Bertz CT molecular complexity index is 338. The molecule has 1 aliphatic rings. The molecule has 3 nitrogen and oxygen atoms in total. The predicted octanol–water partition coefficient (Wildman–Crippen LogP) is 2.32. The highest BCUT2D eigenvalue weighted by Gasteiger charge is 2.22. The first-order chi connectivity index (χ1) is 7.85. The molecule has 1 unspecified atom stereocenters. The number of nitrogens with zero attached hydrogens (tertiary/aromatic N) is 1. The first kappa shape index (κ1) is 12.0. The van der Waals surface area contributed by atoms with Crippen molar-refractivity contribution in [3.63, 3.8) is 0 Å². The van der Waals surface area contributed by atoms with Gasteiger partial charge in [0.1, 0.15) is 0 Å². The van der Waals surface area contributed by atoms with Gasteiger partial charge >= 0.3 is 0 Å². The van der Waals surface area contributed by atoms with E-state index in [-0.39, 0.29) is 0 Å². The van der Waals surface area contributed by atoms with E-state index in [4.69, 9.17) is 9.72 Å². The second kappa shape index (κ2) is 5.75. The van der Waals surface area contributed by atoms with Crippen LogP contribution in [0.3, 0.4) is 0 Å². The molecule has 0 spiro atoms. The molecule has 0 saturated heterocycles. The average molecular weight is 240 g/mol. The van der Waals surface area contributed by atoms with Gasteiger partial charge in [-0.1, -0.05) is 0 Å². The molecule has 1 aromatic rings. The smallest absolute Gasteiger partial charge is 0.0932 e. The van der Waals surface area contributed by atoms with Gasteiger partial charge in [-0.3, -0.25) is 0 Å². The molecular weight excluding hydrogens is 220 g/mol. The molecule has 0 aliphatic heterocycles. The monoisotopic (exact) mass is 240 g/mol. The summed E-state index contributed by atoms with van der Waals surface area (Å²) in [6.45, 7) is 0.833. The van der Waals surface area contributed by atoms with Crippen LogP contribution < -0.4 is 5.32 Å². The summed E-state index contributed by atoms with van der Waals surface area (Å²) in [6.07, 6.45) is 5.87. The van der Waals surface area contributed by atoms with Crippen molar-refractivity contribution >= 4 is 11.3 Å². The first-order valence-electron chi connectivity index (χ1n) is 6.00. The summed E-state index contributed by atoms with van der Waals surface area (Å²) in [5.41, 5.74) is 1.31. The lowest BCUT2D eigenvalue weighted by atomic mass is 9.98. The molecule has 1 aliphatic carbocycles. The van der Waals surface area contributed by atoms with E-state index in [1.165, 1.54) is 34.8 Å². The van der Waals surface area contributed by atoms with E-state index in [1.54, 1.807) is 7.11 Å². The lowest BCUT2D eigenvalue weighted by Gasteiger charge is -2.19. The van der Waals surface area contributed by atoms with Crippen molar-refractivity contribution in [3.8, 4) is 0 Å². The van der Waals surface area contributed by atoms with Crippen LogP contribution in [0.4, 0.5) is 0 Å². The molecule has 0 aromatic carbocycles. The van der Waals surface area contributed by atoms with Crippen molar-refractivity contribution in [2.75, 3.05) is 20.8 Å². The molecule has 0 fully saturated rings. The topological polar surface area (TPSA) is 34.1 Å². The lowest BCUT2D eigenvalue weighted by molar-refractivity contribution is 0.195. The number of methoxy groups -OCH3 is 1. The van der Waals surface area contributed by atoms with Gasteiger partial charge in [-0.15, -0.1) is 11.3 Å². The predicted molar refractivity (Wildman–Crippen MR) is 67.0 cm³/mol. The largest absolute Gasteiger partial charge is 0.385 e. The number of thiazole rings is 1. The maximum absolute atomic E-state index is 5.07. The summed E-state index contributed by atoms with van der Waals surface area (Å²) >= 11 is 1.90. The van der Waals surface area contributed by atoms with Crippen LogP contribution in [0.25, 0.3) is 0 Å². The zero-order valence-corrected chi connectivity index (χ0v) is 10.9. The van der Waals surface area contributed by atoms with Gasteiger partial charge in [-0.2, -0.15) is 0 Å². The van der Waals surface area contributed by atoms with E-state index >= 15 is 0 Å². The molecule has 90 valence electrons. The van der Waals surface area contributed by atoms with Crippen molar-refractivity contribution in [1.29, 1.82) is 0 Å². The van der Waals surface area contributed by atoms with Crippen LogP contribution in [-0.4, -0.2) is 25.7 Å². The molecule has 0 radical (unpaired) electrons. The number of hydrogen-bond donors (Lipinski definition) is 1. The third-order valence-electron chi connectivity index (χ3n) is 3.09. The SMILES string of the molecule is CNC1CCCc2sc(CCCOC)nc21. The maximum atomic E-state index is 5.07. The highest BCUT2D eigenvalue weighted by molar-refractivity contribution is 7.11. The van der Waals surface area contributed by atoms with Gasteiger partial charge in [0.25, 0.3) is 0 Å². The van der Waals surface area contributed by atoms with Crippen LogP contribution in [0.2, 0.25) is 0 Å². The molecule has 0 amide bonds. The van der Waals surface area contributed by atoms with Gasteiger partial charge in [0.2, 0.25) is 0 Å². The Labute approximate surface area is 101 Å². The van der Waals surface area contributed by atoms with Gasteiger partial charge in [-0.25, -0.2) is 4.98 Å². The second-order valence-electron chi connectivity index (χ2n) is 4.25. The number of fused-ring (bicyclic) bond motifs is 1. The fourth-order valence-corrected chi connectivity index (χ4v) is 3.44. The number of nitrogens with one attached hydrogen (secondary N) is 1. The minimum atomic E-state index is 0.483. The van der Waals surface area contributed by atoms with Gasteiger partial charge in [0.05, 0.1) is 16.7 Å². The number of hydrogen-bond acceptors (Lipinski definition) is 4. The molecule has 4 heteroatoms. The molecule has 2 rings (SSSR count). The molecule has 1 N–H and O–H groups in total. The normalized spacial score (nSPS) is 19.8. The van der Waals surface area contributed by atoms with Gasteiger partial charge in [0.15, 0.2) is 0 Å². The molecule has 0 saturated carbocycles. The number of aryl methyl sites for hydroxylation is 2. The van der Waals surface area contributed by atoms with Crippen LogP contribution >= 0.6 is 11.3 Å². The fraction of sp³-hybridized carbons (Fsp3) is 0.750. The van der Waals surface area contributed by atoms with E-state index in [1.807, 2.05) is 18.4 Å². The summed E-state index contributed by atoms with van der Waals surface area (Å²) in [6, 6.07) is 0.483. The molecule has 16 heavy (non-hydrogen) atoms. The first-order valence-corrected chi connectivity index (χ1v) is 6.81. The number of ether oxygens (including phenoxy) is 1. The van der Waals surface area contributed by atoms with E-state index in [9.17, 15) is 0 Å². The zero-order valence-electron chi connectivity index (χ0n) is 10.1. The minimum absolute atomic E-state index is 0.483. The van der Waals surface area contributed by atoms with Crippen LogP contribution in [-0.2, 0) is 17.6 Å². The van der Waals surface area contributed by atoms with Crippen molar-refractivity contribution < 1.29 is 4.74 Å². The maximum Gasteiger partial charge on any atom is 0.0932 e. The Morgan fingerprint density at radius 2 is 2.44 bits per heavy atom. The quantitative estimate of drug-likeness (QED) is 0.802. The second-order valence-corrected chi connectivity index (χ2v) is 5.41. The summed E-state index contributed by atoms with van der Waals surface area (Å²) in [4.78, 5) is 6.27. The van der Waals surface area contributed by atoms with Crippen molar-refractivity contribution in [2.45, 2.75) is 38.1 Å². The van der Waals surface area contributed by atoms with E-state index in [0.29, 0.717) is 6.04 Å². The summed E-state index contributed by atoms with van der Waals surface area (Å²) in [5, 5.41) is 4.64. The summed E-state index contributed by atoms with van der Waals surface area (Å²) in [5.74, 6) is 0. The van der Waals surface area contributed by atoms with Crippen LogP contribution in [0, 0.1) is 0 Å². The van der Waals surface area contributed by atoms with Crippen LogP contribution in [0.15, 0.2) is 0 Å². The van der Waals surface area contributed by atoms with Gasteiger partial charge in [-0.05, 0) is 32.7 Å². The number of aromatic nitrogens is 1. The Kier molecular flexibility index (Phi) is 4.32. The van der Waals surface area contributed by atoms with Crippen molar-refractivity contribution in [1.82, 2.24) is 10.3 Å². The van der Waals surface area contributed by atoms with Crippen molar-refractivity contribution in [2.24, 2.45) is 0 Å². The average Bonchev–Trinajstić information content (AvgIpc) is 2.71. The van der Waals surface area contributed by atoms with E-state index in [0.717, 1.165) is 19.4 Å². The third kappa shape index (κ3) is 2.62. The van der Waals surface area contributed by atoms with Crippen LogP contribution in [0.5, 0.6) is 0 Å². The molecule has 1 aromatic heterocycles. The standard InChI is InChI=1S/C12H20N2OS/c1-13-9-5-3-6-10-12(9)14-11(16-10)7-4-8-15-2/h9,13H,3-8H2,1-2H3. The molecule has 0 bridgehead atoms. The Balaban J connectivity index is 2.03. The Hall–Kier alpha value is -0.450. The Morgan fingerprint density at radius 1 is 1.56 bits per heavy atom. The van der Waals surface area contributed by atoms with Crippen molar-refractivity contribution in [3.05, 3.63) is 15.6 Å². The highest BCUT2D eigenvalue weighted by atomic mass is 32.1.